The molecule has 0 bridgehead atoms. The molecule has 0 aromatic heterocycles. The summed E-state index contributed by atoms with van der Waals surface area (Å²) in [6.07, 6.45) is -4.05. The van der Waals surface area contributed by atoms with E-state index < -0.39 is 23.1 Å². The van der Waals surface area contributed by atoms with Gasteiger partial charge in [0.1, 0.15) is 0 Å². The predicted molar refractivity (Wildman–Crippen MR) is 112 cm³/mol. The standard InChI is InChI=1S/C22H24ClF3N2O2/c1-21(2,3)15-11-14(12-16(13-15)22(24,25)26)20(30)27-10-4-5-19(29)28-18-8-6-17(23)7-9-18/h6-9,11-13H,4-5,10H2,1-3H3,(H,27,30)(H,28,29). The Hall–Kier alpha value is -2.54. The first kappa shape index (κ1) is 23.7. The highest BCUT2D eigenvalue weighted by molar-refractivity contribution is 6.30. The summed E-state index contributed by atoms with van der Waals surface area (Å²) in [5, 5.41) is 5.84. The molecule has 2 rings (SSSR count). The molecule has 0 saturated heterocycles. The molecule has 2 amide bonds. The second kappa shape index (κ2) is 9.51. The van der Waals surface area contributed by atoms with Gasteiger partial charge in [-0.15, -0.1) is 0 Å². The number of anilines is 1. The van der Waals surface area contributed by atoms with Crippen LogP contribution >= 0.6 is 11.6 Å². The van der Waals surface area contributed by atoms with Crippen molar-refractivity contribution in [2.45, 2.75) is 45.2 Å². The fourth-order valence-corrected chi connectivity index (χ4v) is 2.79. The molecule has 0 aliphatic rings. The van der Waals surface area contributed by atoms with Gasteiger partial charge in [0.2, 0.25) is 5.91 Å². The lowest BCUT2D eigenvalue weighted by Crippen LogP contribution is -2.26. The van der Waals surface area contributed by atoms with Crippen molar-refractivity contribution in [1.82, 2.24) is 5.32 Å². The Balaban J connectivity index is 1.94. The molecule has 162 valence electrons. The highest BCUT2D eigenvalue weighted by Crippen LogP contribution is 2.34. The summed E-state index contributed by atoms with van der Waals surface area (Å²) >= 11 is 5.78. The first-order chi connectivity index (χ1) is 13.9. The molecule has 0 heterocycles. The van der Waals surface area contributed by atoms with E-state index in [1.165, 1.54) is 6.07 Å². The van der Waals surface area contributed by atoms with E-state index in [2.05, 4.69) is 10.6 Å². The van der Waals surface area contributed by atoms with Crippen molar-refractivity contribution >= 4 is 29.1 Å². The van der Waals surface area contributed by atoms with Gasteiger partial charge in [0.15, 0.2) is 0 Å². The average Bonchev–Trinajstić information content (AvgIpc) is 2.65. The molecule has 0 radical (unpaired) electrons. The smallest absolute Gasteiger partial charge is 0.352 e. The Morgan fingerprint density at radius 1 is 0.967 bits per heavy atom. The van der Waals surface area contributed by atoms with Gasteiger partial charge in [-0.25, -0.2) is 0 Å². The van der Waals surface area contributed by atoms with Crippen molar-refractivity contribution < 1.29 is 22.8 Å². The lowest BCUT2D eigenvalue weighted by Gasteiger charge is -2.22. The maximum atomic E-state index is 13.2. The summed E-state index contributed by atoms with van der Waals surface area (Å²) in [4.78, 5) is 24.3. The van der Waals surface area contributed by atoms with Gasteiger partial charge in [-0.2, -0.15) is 13.2 Å². The fraction of sp³-hybridized carbons (Fsp3) is 0.364. The SMILES string of the molecule is CC(C)(C)c1cc(C(=O)NCCCC(=O)Nc2ccc(Cl)cc2)cc(C(F)(F)F)c1. The first-order valence-electron chi connectivity index (χ1n) is 9.42. The van der Waals surface area contributed by atoms with Crippen LogP contribution in [0.5, 0.6) is 0 Å². The van der Waals surface area contributed by atoms with Gasteiger partial charge in [0, 0.05) is 29.2 Å². The van der Waals surface area contributed by atoms with Crippen LogP contribution in [-0.4, -0.2) is 18.4 Å². The van der Waals surface area contributed by atoms with E-state index in [0.717, 1.165) is 12.1 Å². The van der Waals surface area contributed by atoms with Gasteiger partial charge in [-0.1, -0.05) is 32.4 Å². The zero-order valence-electron chi connectivity index (χ0n) is 17.0. The van der Waals surface area contributed by atoms with Crippen LogP contribution in [0.2, 0.25) is 5.02 Å². The molecule has 0 fully saturated rings. The number of benzene rings is 2. The molecule has 2 aromatic rings. The number of alkyl halides is 3. The van der Waals surface area contributed by atoms with Crippen molar-refractivity contribution in [3.8, 4) is 0 Å². The lowest BCUT2D eigenvalue weighted by molar-refractivity contribution is -0.137. The van der Waals surface area contributed by atoms with E-state index in [4.69, 9.17) is 11.6 Å². The Morgan fingerprint density at radius 3 is 2.13 bits per heavy atom. The molecule has 4 nitrogen and oxygen atoms in total. The van der Waals surface area contributed by atoms with Crippen LogP contribution in [0.3, 0.4) is 0 Å². The van der Waals surface area contributed by atoms with Crippen LogP contribution in [0.15, 0.2) is 42.5 Å². The number of rotatable bonds is 6. The van der Waals surface area contributed by atoms with E-state index in [9.17, 15) is 22.8 Å². The second-order valence-corrected chi connectivity index (χ2v) is 8.40. The summed E-state index contributed by atoms with van der Waals surface area (Å²) in [6.45, 7) is 5.50. The minimum absolute atomic E-state index is 0.0552. The van der Waals surface area contributed by atoms with Gasteiger partial charge in [0.25, 0.3) is 5.91 Å². The van der Waals surface area contributed by atoms with E-state index in [1.54, 1.807) is 45.0 Å². The summed E-state index contributed by atoms with van der Waals surface area (Å²) in [5.74, 6) is -0.842. The van der Waals surface area contributed by atoms with Crippen LogP contribution in [0.1, 0.15) is 55.1 Å². The van der Waals surface area contributed by atoms with Gasteiger partial charge in [0.05, 0.1) is 5.56 Å². The largest absolute Gasteiger partial charge is 0.416 e. The third kappa shape index (κ3) is 7.06. The van der Waals surface area contributed by atoms with Crippen LogP contribution in [0.25, 0.3) is 0 Å². The normalized spacial score (nSPS) is 11.8. The molecular formula is C22H24ClF3N2O2. The van der Waals surface area contributed by atoms with Gasteiger partial charge in [-0.05, 0) is 59.9 Å². The molecule has 0 spiro atoms. The van der Waals surface area contributed by atoms with Crippen LogP contribution < -0.4 is 10.6 Å². The van der Waals surface area contributed by atoms with Crippen molar-refractivity contribution in [3.63, 3.8) is 0 Å². The number of hydrogen-bond donors (Lipinski definition) is 2. The third-order valence-electron chi connectivity index (χ3n) is 4.38. The highest BCUT2D eigenvalue weighted by atomic mass is 35.5. The molecule has 0 saturated carbocycles. The minimum atomic E-state index is -4.55. The van der Waals surface area contributed by atoms with Gasteiger partial charge in [-0.3, -0.25) is 9.59 Å². The number of carbonyl (C=O) groups is 2. The topological polar surface area (TPSA) is 58.2 Å². The Kier molecular flexibility index (Phi) is 7.53. The lowest BCUT2D eigenvalue weighted by atomic mass is 9.85. The van der Waals surface area contributed by atoms with Crippen LogP contribution in [0, 0.1) is 0 Å². The van der Waals surface area contributed by atoms with Crippen molar-refractivity contribution in [2.24, 2.45) is 0 Å². The molecule has 2 N–H and O–H groups in total. The summed E-state index contributed by atoms with van der Waals surface area (Å²) in [6, 6.07) is 10.0. The maximum absolute atomic E-state index is 13.2. The van der Waals surface area contributed by atoms with E-state index >= 15 is 0 Å². The van der Waals surface area contributed by atoms with E-state index in [-0.39, 0.29) is 24.4 Å². The summed E-state index contributed by atoms with van der Waals surface area (Å²) < 4.78 is 39.6. The van der Waals surface area contributed by atoms with Crippen molar-refractivity contribution in [1.29, 1.82) is 0 Å². The van der Waals surface area contributed by atoms with E-state index in [0.29, 0.717) is 22.7 Å². The number of hydrogen-bond acceptors (Lipinski definition) is 2. The summed E-state index contributed by atoms with van der Waals surface area (Å²) in [5.41, 5.74) is -0.435. The second-order valence-electron chi connectivity index (χ2n) is 7.96. The van der Waals surface area contributed by atoms with Crippen LogP contribution in [-0.2, 0) is 16.4 Å². The number of amides is 2. The van der Waals surface area contributed by atoms with E-state index in [1.807, 2.05) is 0 Å². The van der Waals surface area contributed by atoms with Gasteiger partial charge < -0.3 is 10.6 Å². The average molecular weight is 441 g/mol. The number of nitrogens with one attached hydrogen (secondary N) is 2. The van der Waals surface area contributed by atoms with Crippen molar-refractivity contribution in [2.75, 3.05) is 11.9 Å². The molecular weight excluding hydrogens is 417 g/mol. The third-order valence-corrected chi connectivity index (χ3v) is 4.63. The Bertz CT molecular complexity index is 872. The quantitative estimate of drug-likeness (QED) is 0.557. The molecule has 8 heteroatoms. The molecule has 2 aromatic carbocycles. The molecule has 0 unspecified atom stereocenters. The number of halogens is 4. The number of carbonyl (C=O) groups excluding carboxylic acids is 2. The molecule has 0 aliphatic heterocycles. The Labute approximate surface area is 178 Å². The zero-order chi connectivity index (χ0) is 22.5. The Morgan fingerprint density at radius 2 is 1.57 bits per heavy atom. The highest BCUT2D eigenvalue weighted by Gasteiger charge is 2.33. The monoisotopic (exact) mass is 440 g/mol. The van der Waals surface area contributed by atoms with Crippen LogP contribution in [0.4, 0.5) is 18.9 Å². The molecule has 30 heavy (non-hydrogen) atoms. The fourth-order valence-electron chi connectivity index (χ4n) is 2.66. The minimum Gasteiger partial charge on any atom is -0.352 e. The summed E-state index contributed by atoms with van der Waals surface area (Å²) in [7, 11) is 0. The molecule has 0 atom stereocenters. The van der Waals surface area contributed by atoms with Gasteiger partial charge >= 0.3 is 6.18 Å². The maximum Gasteiger partial charge on any atom is 0.416 e. The zero-order valence-corrected chi connectivity index (χ0v) is 17.7. The first-order valence-corrected chi connectivity index (χ1v) is 9.80. The predicted octanol–water partition coefficient (Wildman–Crippen LogP) is 5.81. The molecule has 0 aliphatic carbocycles. The van der Waals surface area contributed by atoms with Crippen molar-refractivity contribution in [3.05, 3.63) is 64.2 Å².